The van der Waals surface area contributed by atoms with Gasteiger partial charge < -0.3 is 9.47 Å². The van der Waals surface area contributed by atoms with Crippen molar-refractivity contribution in [2.75, 3.05) is 20.7 Å². The highest BCUT2D eigenvalue weighted by Gasteiger charge is 2.32. The van der Waals surface area contributed by atoms with Gasteiger partial charge in [0.05, 0.1) is 18.6 Å². The van der Waals surface area contributed by atoms with E-state index in [2.05, 4.69) is 4.74 Å². The van der Waals surface area contributed by atoms with E-state index in [-0.39, 0.29) is 18.1 Å². The van der Waals surface area contributed by atoms with E-state index in [9.17, 15) is 13.6 Å². The number of benzene rings is 1. The molecule has 0 bridgehead atoms. The average Bonchev–Trinajstić information content (AvgIpc) is 2.38. The Bertz CT molecular complexity index is 462. The largest absolute Gasteiger partial charge is 0.466 e. The maximum absolute atomic E-state index is 12.1. The number of halogens is 2. The van der Waals surface area contributed by atoms with Gasteiger partial charge in [0.25, 0.3) is 0 Å². The first-order chi connectivity index (χ1) is 9.79. The zero-order valence-electron chi connectivity index (χ0n) is 12.7. The molecular weight excluding hydrogens is 280 g/mol. The van der Waals surface area contributed by atoms with Gasteiger partial charge in [-0.15, -0.1) is 0 Å². The molecule has 0 aliphatic carbocycles. The molecule has 0 saturated heterocycles. The number of carbonyl (C=O) groups is 1. The molecule has 0 radical (unpaired) electrons. The zero-order valence-corrected chi connectivity index (χ0v) is 12.7. The Kier molecular flexibility index (Phi) is 6.08. The number of rotatable bonds is 7. The predicted octanol–water partition coefficient (Wildman–Crippen LogP) is 3.02. The first-order valence-electron chi connectivity index (χ1n) is 6.68. The van der Waals surface area contributed by atoms with Gasteiger partial charge in [-0.2, -0.15) is 8.78 Å². The minimum Gasteiger partial charge on any atom is -0.466 e. The normalized spacial score (nSPS) is 14.1. The molecule has 1 rings (SSSR count). The Morgan fingerprint density at radius 1 is 1.29 bits per heavy atom. The third kappa shape index (κ3) is 4.67. The summed E-state index contributed by atoms with van der Waals surface area (Å²) in [6.45, 7) is 1.12. The second-order valence-corrected chi connectivity index (χ2v) is 5.05. The highest BCUT2D eigenvalue weighted by atomic mass is 19.3. The van der Waals surface area contributed by atoms with Gasteiger partial charge >= 0.3 is 12.6 Å². The highest BCUT2D eigenvalue weighted by molar-refractivity contribution is 5.71. The fourth-order valence-corrected chi connectivity index (χ4v) is 2.01. The number of carbonyl (C=O) groups excluding carboxylic acids is 1. The monoisotopic (exact) mass is 301 g/mol. The van der Waals surface area contributed by atoms with Crippen molar-refractivity contribution in [3.63, 3.8) is 0 Å². The van der Waals surface area contributed by atoms with E-state index in [1.54, 1.807) is 19.1 Å². The first kappa shape index (κ1) is 17.4. The van der Waals surface area contributed by atoms with Gasteiger partial charge in [0.2, 0.25) is 0 Å². The van der Waals surface area contributed by atoms with Crippen LogP contribution in [-0.2, 0) is 15.1 Å². The summed E-state index contributed by atoms with van der Waals surface area (Å²) in [4.78, 5) is 13.7. The Morgan fingerprint density at radius 2 is 1.86 bits per heavy atom. The molecule has 0 heterocycles. The maximum atomic E-state index is 12.1. The molecule has 0 N–H and O–H groups in total. The lowest BCUT2D eigenvalue weighted by Gasteiger charge is -2.36. The van der Waals surface area contributed by atoms with Gasteiger partial charge in [0, 0.05) is 0 Å². The number of nitrogens with zero attached hydrogens (tertiary/aromatic N) is 1. The molecule has 118 valence electrons. The molecule has 0 spiro atoms. The van der Waals surface area contributed by atoms with Crippen LogP contribution in [0, 0.1) is 0 Å². The summed E-state index contributed by atoms with van der Waals surface area (Å²) in [5.41, 5.74) is 0.234. The van der Waals surface area contributed by atoms with Crippen molar-refractivity contribution >= 4 is 5.97 Å². The van der Waals surface area contributed by atoms with E-state index in [0.717, 1.165) is 5.56 Å². The van der Waals surface area contributed by atoms with Crippen LogP contribution in [0.2, 0.25) is 0 Å². The minimum absolute atomic E-state index is 0.0889. The molecule has 4 nitrogen and oxygen atoms in total. The summed E-state index contributed by atoms with van der Waals surface area (Å²) in [6, 6.07) is 6.29. The Balaban J connectivity index is 2.97. The second-order valence-electron chi connectivity index (χ2n) is 5.05. The molecule has 0 aliphatic rings. The Morgan fingerprint density at radius 3 is 2.29 bits per heavy atom. The standard InChI is InChI=1S/C15H21F2NO3/c1-5-20-13(19)10-15(2,18(3)4)11-6-8-12(9-7-11)21-14(16)17/h6-9,14H,5,10H2,1-4H3. The topological polar surface area (TPSA) is 38.8 Å². The van der Waals surface area contributed by atoms with Crippen molar-refractivity contribution < 1.29 is 23.0 Å². The van der Waals surface area contributed by atoms with Crippen molar-refractivity contribution in [1.82, 2.24) is 4.90 Å². The van der Waals surface area contributed by atoms with Crippen LogP contribution in [-0.4, -0.2) is 38.2 Å². The molecule has 0 fully saturated rings. The summed E-state index contributed by atoms with van der Waals surface area (Å²) >= 11 is 0. The Labute approximate surface area is 123 Å². The summed E-state index contributed by atoms with van der Waals surface area (Å²) in [7, 11) is 3.70. The lowest BCUT2D eigenvalue weighted by Crippen LogP contribution is -2.40. The molecular formula is C15H21F2NO3. The van der Waals surface area contributed by atoms with Crippen LogP contribution >= 0.6 is 0 Å². The summed E-state index contributed by atoms with van der Waals surface area (Å²) in [6.07, 6.45) is 0.170. The predicted molar refractivity (Wildman–Crippen MR) is 75.4 cm³/mol. The zero-order chi connectivity index (χ0) is 16.0. The molecule has 0 aromatic heterocycles. The number of hydrogen-bond acceptors (Lipinski definition) is 4. The van der Waals surface area contributed by atoms with E-state index >= 15 is 0 Å². The lowest BCUT2D eigenvalue weighted by atomic mass is 9.87. The second kappa shape index (κ2) is 7.36. The van der Waals surface area contributed by atoms with E-state index in [0.29, 0.717) is 6.61 Å². The molecule has 1 aromatic carbocycles. The minimum atomic E-state index is -2.85. The van der Waals surface area contributed by atoms with Crippen LogP contribution in [0.15, 0.2) is 24.3 Å². The molecule has 21 heavy (non-hydrogen) atoms. The van der Waals surface area contributed by atoms with Crippen molar-refractivity contribution in [2.45, 2.75) is 32.4 Å². The van der Waals surface area contributed by atoms with Gasteiger partial charge in [0.1, 0.15) is 5.75 Å². The van der Waals surface area contributed by atoms with Crippen molar-refractivity contribution in [3.05, 3.63) is 29.8 Å². The third-order valence-corrected chi connectivity index (χ3v) is 3.48. The molecule has 0 amide bonds. The van der Waals surface area contributed by atoms with Gasteiger partial charge in [-0.3, -0.25) is 9.69 Å². The lowest BCUT2D eigenvalue weighted by molar-refractivity contribution is -0.146. The van der Waals surface area contributed by atoms with Crippen molar-refractivity contribution in [3.8, 4) is 5.75 Å². The average molecular weight is 301 g/mol. The summed E-state index contributed by atoms with van der Waals surface area (Å²) < 4.78 is 33.6. The van der Waals surface area contributed by atoms with E-state index < -0.39 is 12.2 Å². The van der Waals surface area contributed by atoms with E-state index in [1.165, 1.54) is 12.1 Å². The quantitative estimate of drug-likeness (QED) is 0.726. The fourth-order valence-electron chi connectivity index (χ4n) is 2.01. The van der Waals surface area contributed by atoms with E-state index in [1.807, 2.05) is 25.9 Å². The molecule has 6 heteroatoms. The van der Waals surface area contributed by atoms with Crippen LogP contribution in [0.25, 0.3) is 0 Å². The summed E-state index contributed by atoms with van der Waals surface area (Å²) in [5, 5.41) is 0. The van der Waals surface area contributed by atoms with Crippen LogP contribution < -0.4 is 4.74 Å². The SMILES string of the molecule is CCOC(=O)CC(C)(c1ccc(OC(F)F)cc1)N(C)C. The smallest absolute Gasteiger partial charge is 0.387 e. The van der Waals surface area contributed by atoms with Crippen LogP contribution in [0.3, 0.4) is 0 Å². The first-order valence-corrected chi connectivity index (χ1v) is 6.68. The Hall–Kier alpha value is -1.69. The number of alkyl halides is 2. The molecule has 0 aliphatic heterocycles. The van der Waals surface area contributed by atoms with Gasteiger partial charge in [-0.05, 0) is 45.6 Å². The van der Waals surface area contributed by atoms with Crippen molar-refractivity contribution in [2.24, 2.45) is 0 Å². The van der Waals surface area contributed by atoms with Crippen LogP contribution in [0.1, 0.15) is 25.8 Å². The summed E-state index contributed by atoms with van der Waals surface area (Å²) in [5.74, 6) is -0.215. The maximum Gasteiger partial charge on any atom is 0.387 e. The van der Waals surface area contributed by atoms with Gasteiger partial charge in [0.15, 0.2) is 0 Å². The van der Waals surface area contributed by atoms with Crippen molar-refractivity contribution in [1.29, 1.82) is 0 Å². The van der Waals surface area contributed by atoms with Crippen LogP contribution in [0.5, 0.6) is 5.75 Å². The highest BCUT2D eigenvalue weighted by Crippen LogP contribution is 2.31. The van der Waals surface area contributed by atoms with Gasteiger partial charge in [-0.1, -0.05) is 12.1 Å². The van der Waals surface area contributed by atoms with Gasteiger partial charge in [-0.25, -0.2) is 0 Å². The molecule has 1 atom stereocenters. The molecule has 1 aromatic rings. The fraction of sp³-hybridized carbons (Fsp3) is 0.533. The number of esters is 1. The molecule has 0 saturated carbocycles. The van der Waals surface area contributed by atoms with Crippen LogP contribution in [0.4, 0.5) is 8.78 Å². The van der Waals surface area contributed by atoms with E-state index in [4.69, 9.17) is 4.74 Å². The third-order valence-electron chi connectivity index (χ3n) is 3.48. The number of ether oxygens (including phenoxy) is 2. The molecule has 1 unspecified atom stereocenters. The number of hydrogen-bond donors (Lipinski definition) is 0.